The van der Waals surface area contributed by atoms with Crippen molar-refractivity contribution in [2.24, 2.45) is 0 Å². The van der Waals surface area contributed by atoms with Crippen LogP contribution in [-0.4, -0.2) is 60.9 Å². The van der Waals surface area contributed by atoms with E-state index >= 15 is 0 Å². The highest BCUT2D eigenvalue weighted by molar-refractivity contribution is 5.95. The minimum absolute atomic E-state index is 0.167. The number of nitrogens with one attached hydrogen (secondary N) is 2. The maximum atomic E-state index is 12.5. The normalized spacial score (nSPS) is 20.1. The Balaban J connectivity index is 1.25. The Labute approximate surface area is 171 Å². The summed E-state index contributed by atoms with van der Waals surface area (Å²) in [5.74, 6) is -0.167. The molecule has 2 aromatic carbocycles. The number of benzene rings is 2. The topological polar surface area (TPSA) is 73.8 Å². The molecule has 1 amide bonds. The Kier molecular flexibility index (Phi) is 6.44. The lowest BCUT2D eigenvalue weighted by Crippen LogP contribution is -2.42. The van der Waals surface area contributed by atoms with E-state index < -0.39 is 6.10 Å². The van der Waals surface area contributed by atoms with E-state index in [1.165, 1.54) is 11.1 Å². The second kappa shape index (κ2) is 9.39. The Morgan fingerprint density at radius 1 is 1.21 bits per heavy atom. The number of fused-ring (bicyclic) bond motifs is 1. The highest BCUT2D eigenvalue weighted by Crippen LogP contribution is 2.18. The summed E-state index contributed by atoms with van der Waals surface area (Å²) in [5.41, 5.74) is 4.23. The number of nitrogens with zero attached hydrogens (tertiary/aromatic N) is 1. The largest absolute Gasteiger partial charge is 0.390 e. The Morgan fingerprint density at radius 2 is 2.07 bits per heavy atom. The standard InChI is InChI=1S/C23H29N3O3/c27-22(15-26-10-8-17-4-1-2-5-19(17)14-26)13-24-23(28)18-6-3-7-20(12-18)25-21-9-11-29-16-21/h1-7,12,21-22,25,27H,8-11,13-16H2,(H,24,28)/t21?,22-/m0/s1. The summed E-state index contributed by atoms with van der Waals surface area (Å²) in [6.07, 6.45) is 1.38. The number of carbonyl (C=O) groups is 1. The monoisotopic (exact) mass is 395 g/mol. The van der Waals surface area contributed by atoms with Gasteiger partial charge in [-0.3, -0.25) is 9.69 Å². The predicted molar refractivity (Wildman–Crippen MR) is 113 cm³/mol. The minimum atomic E-state index is -0.596. The molecule has 29 heavy (non-hydrogen) atoms. The number of aliphatic hydroxyl groups excluding tert-OH is 1. The Hall–Kier alpha value is -2.41. The first kappa shape index (κ1) is 19.9. The molecule has 0 bridgehead atoms. The zero-order valence-corrected chi connectivity index (χ0v) is 16.6. The number of carbonyl (C=O) groups excluding carboxylic acids is 1. The molecule has 1 saturated heterocycles. The minimum Gasteiger partial charge on any atom is -0.390 e. The summed E-state index contributed by atoms with van der Waals surface area (Å²) in [5, 5.41) is 16.7. The van der Waals surface area contributed by atoms with Crippen LogP contribution in [0.15, 0.2) is 48.5 Å². The number of rotatable bonds is 7. The van der Waals surface area contributed by atoms with Crippen LogP contribution in [0.4, 0.5) is 5.69 Å². The molecule has 4 rings (SSSR count). The van der Waals surface area contributed by atoms with Crippen LogP contribution in [-0.2, 0) is 17.7 Å². The first-order chi connectivity index (χ1) is 14.2. The molecule has 1 fully saturated rings. The maximum absolute atomic E-state index is 12.5. The summed E-state index contributed by atoms with van der Waals surface area (Å²) in [6, 6.07) is 16.2. The van der Waals surface area contributed by atoms with Crippen LogP contribution in [0.25, 0.3) is 0 Å². The molecular weight excluding hydrogens is 366 g/mol. The second-order valence-corrected chi connectivity index (χ2v) is 7.90. The van der Waals surface area contributed by atoms with Crippen molar-refractivity contribution in [3.8, 4) is 0 Å². The number of amides is 1. The lowest BCUT2D eigenvalue weighted by atomic mass is 10.00. The van der Waals surface area contributed by atoms with Crippen molar-refractivity contribution in [1.82, 2.24) is 10.2 Å². The zero-order valence-electron chi connectivity index (χ0n) is 16.6. The van der Waals surface area contributed by atoms with Crippen LogP contribution in [0.2, 0.25) is 0 Å². The maximum Gasteiger partial charge on any atom is 0.251 e. The first-order valence-electron chi connectivity index (χ1n) is 10.4. The highest BCUT2D eigenvalue weighted by atomic mass is 16.5. The zero-order chi connectivity index (χ0) is 20.1. The van der Waals surface area contributed by atoms with Crippen molar-refractivity contribution in [3.63, 3.8) is 0 Å². The Bertz CT molecular complexity index is 836. The fourth-order valence-corrected chi connectivity index (χ4v) is 4.02. The molecule has 0 saturated carbocycles. The number of aliphatic hydroxyl groups is 1. The second-order valence-electron chi connectivity index (χ2n) is 7.90. The summed E-state index contributed by atoms with van der Waals surface area (Å²) in [4.78, 5) is 14.7. The third-order valence-electron chi connectivity index (χ3n) is 5.60. The number of anilines is 1. The number of hydrogen-bond acceptors (Lipinski definition) is 5. The number of hydrogen-bond donors (Lipinski definition) is 3. The molecule has 2 aliphatic rings. The molecule has 3 N–H and O–H groups in total. The van der Waals surface area contributed by atoms with Crippen LogP contribution in [0.1, 0.15) is 27.9 Å². The molecule has 154 valence electrons. The van der Waals surface area contributed by atoms with Crippen LogP contribution in [0.3, 0.4) is 0 Å². The molecule has 2 heterocycles. The predicted octanol–water partition coefficient (Wildman–Crippen LogP) is 2.04. The van der Waals surface area contributed by atoms with E-state index in [-0.39, 0.29) is 12.5 Å². The molecule has 0 aromatic heterocycles. The molecule has 2 atom stereocenters. The van der Waals surface area contributed by atoms with Gasteiger partial charge in [-0.25, -0.2) is 0 Å². The van der Waals surface area contributed by atoms with Gasteiger partial charge in [-0.15, -0.1) is 0 Å². The van der Waals surface area contributed by atoms with Crippen molar-refractivity contribution in [1.29, 1.82) is 0 Å². The van der Waals surface area contributed by atoms with E-state index in [9.17, 15) is 9.90 Å². The highest BCUT2D eigenvalue weighted by Gasteiger charge is 2.19. The van der Waals surface area contributed by atoms with Gasteiger partial charge in [-0.2, -0.15) is 0 Å². The van der Waals surface area contributed by atoms with Crippen LogP contribution in [0, 0.1) is 0 Å². The molecule has 0 radical (unpaired) electrons. The van der Waals surface area contributed by atoms with E-state index in [0.717, 1.165) is 38.2 Å². The van der Waals surface area contributed by atoms with Crippen LogP contribution >= 0.6 is 0 Å². The van der Waals surface area contributed by atoms with Crippen LogP contribution < -0.4 is 10.6 Å². The van der Waals surface area contributed by atoms with Gasteiger partial charge in [0, 0.05) is 44.0 Å². The van der Waals surface area contributed by atoms with Gasteiger partial charge in [0.05, 0.1) is 18.8 Å². The van der Waals surface area contributed by atoms with Gasteiger partial charge in [0.25, 0.3) is 5.91 Å². The van der Waals surface area contributed by atoms with Gasteiger partial charge in [0.2, 0.25) is 0 Å². The van der Waals surface area contributed by atoms with Crippen molar-refractivity contribution in [2.75, 3.05) is 38.2 Å². The number of ether oxygens (including phenoxy) is 1. The molecule has 0 spiro atoms. The fraction of sp³-hybridized carbons (Fsp3) is 0.435. The van der Waals surface area contributed by atoms with Crippen LogP contribution in [0.5, 0.6) is 0 Å². The summed E-state index contributed by atoms with van der Waals surface area (Å²) < 4.78 is 5.38. The summed E-state index contributed by atoms with van der Waals surface area (Å²) in [6.45, 7) is 4.05. The SMILES string of the molecule is O=C(NC[C@H](O)CN1CCc2ccccc2C1)c1cccc(NC2CCOC2)c1. The van der Waals surface area contributed by atoms with E-state index in [4.69, 9.17) is 4.74 Å². The van der Waals surface area contributed by atoms with Crippen molar-refractivity contribution >= 4 is 11.6 Å². The van der Waals surface area contributed by atoms with Gasteiger partial charge < -0.3 is 20.5 Å². The third-order valence-corrected chi connectivity index (χ3v) is 5.60. The third kappa shape index (κ3) is 5.35. The van der Waals surface area contributed by atoms with Gasteiger partial charge in [0.1, 0.15) is 0 Å². The lowest BCUT2D eigenvalue weighted by molar-refractivity contribution is 0.0842. The van der Waals surface area contributed by atoms with Crippen molar-refractivity contribution in [3.05, 3.63) is 65.2 Å². The van der Waals surface area contributed by atoms with Gasteiger partial charge in [0.15, 0.2) is 0 Å². The smallest absolute Gasteiger partial charge is 0.251 e. The lowest BCUT2D eigenvalue weighted by Gasteiger charge is -2.30. The summed E-state index contributed by atoms with van der Waals surface area (Å²) in [7, 11) is 0. The van der Waals surface area contributed by atoms with E-state index in [1.54, 1.807) is 6.07 Å². The molecule has 6 heteroatoms. The average molecular weight is 396 g/mol. The molecule has 2 aromatic rings. The van der Waals surface area contributed by atoms with Crippen molar-refractivity contribution < 1.29 is 14.6 Å². The van der Waals surface area contributed by atoms with E-state index in [0.29, 0.717) is 24.8 Å². The number of β-amino-alcohol motifs (C(OH)–C–C–N with tert-alkyl or cyclic N) is 1. The van der Waals surface area contributed by atoms with E-state index in [2.05, 4.69) is 39.8 Å². The van der Waals surface area contributed by atoms with Gasteiger partial charge >= 0.3 is 0 Å². The molecule has 6 nitrogen and oxygen atoms in total. The Morgan fingerprint density at radius 3 is 2.90 bits per heavy atom. The molecule has 1 unspecified atom stereocenters. The van der Waals surface area contributed by atoms with E-state index in [1.807, 2.05) is 18.2 Å². The van der Waals surface area contributed by atoms with Crippen molar-refractivity contribution in [2.45, 2.75) is 31.5 Å². The fourth-order valence-electron chi connectivity index (χ4n) is 4.02. The van der Waals surface area contributed by atoms with Gasteiger partial charge in [-0.05, 0) is 42.2 Å². The van der Waals surface area contributed by atoms with Gasteiger partial charge in [-0.1, -0.05) is 30.3 Å². The first-order valence-corrected chi connectivity index (χ1v) is 10.4. The quantitative estimate of drug-likeness (QED) is 0.669. The molecule has 0 aliphatic carbocycles. The average Bonchev–Trinajstić information content (AvgIpc) is 3.25. The molecule has 2 aliphatic heterocycles. The molecular formula is C23H29N3O3. The summed E-state index contributed by atoms with van der Waals surface area (Å²) >= 11 is 0.